The third kappa shape index (κ3) is 4.48. The molecule has 0 amide bonds. The first-order valence-electron chi connectivity index (χ1n) is 10.1. The average molecular weight is 391 g/mol. The highest BCUT2D eigenvalue weighted by Crippen LogP contribution is 2.40. The summed E-state index contributed by atoms with van der Waals surface area (Å²) in [6, 6.07) is 16.7. The highest BCUT2D eigenvalue weighted by molar-refractivity contribution is 5.57. The van der Waals surface area contributed by atoms with Gasteiger partial charge in [0.2, 0.25) is 0 Å². The number of aliphatic hydroxyl groups is 1. The van der Waals surface area contributed by atoms with Crippen molar-refractivity contribution in [1.82, 2.24) is 9.78 Å². The van der Waals surface area contributed by atoms with Crippen LogP contribution >= 0.6 is 0 Å². The van der Waals surface area contributed by atoms with Crippen molar-refractivity contribution < 1.29 is 9.50 Å². The lowest BCUT2D eigenvalue weighted by Gasteiger charge is -2.36. The Morgan fingerprint density at radius 2 is 1.86 bits per heavy atom. The zero-order valence-electron chi connectivity index (χ0n) is 17.0. The third-order valence-corrected chi connectivity index (χ3v) is 5.78. The zero-order valence-corrected chi connectivity index (χ0v) is 17.0. The molecular weight excluding hydrogens is 363 g/mol. The van der Waals surface area contributed by atoms with Gasteiger partial charge in [-0.15, -0.1) is 0 Å². The first-order valence-corrected chi connectivity index (χ1v) is 10.1. The van der Waals surface area contributed by atoms with Gasteiger partial charge in [0, 0.05) is 0 Å². The molecule has 1 heterocycles. The van der Waals surface area contributed by atoms with Crippen molar-refractivity contribution in [1.29, 1.82) is 0 Å². The highest BCUT2D eigenvalue weighted by atomic mass is 19.1. The zero-order chi connectivity index (χ0) is 20.5. The lowest BCUT2D eigenvalue weighted by molar-refractivity contribution is 0.0139. The molecule has 4 rings (SSSR count). The first-order chi connectivity index (χ1) is 13.8. The van der Waals surface area contributed by atoms with Crippen molar-refractivity contribution >= 4 is 6.08 Å². The van der Waals surface area contributed by atoms with Crippen molar-refractivity contribution in [2.75, 3.05) is 0 Å². The standard InChI is InChI=1S/C25H27FN2O/c1-24(18-25(2,29)15-12-19-6-4-3-5-7-19)14-13-23-20(16-24)17-27-28(23)22-10-8-21(26)9-11-22/h3-11,13-14,17,29H,12,15-16,18H2,1-2H3. The summed E-state index contributed by atoms with van der Waals surface area (Å²) in [4.78, 5) is 0. The number of nitrogens with zero attached hydrogens (tertiary/aromatic N) is 2. The fourth-order valence-electron chi connectivity index (χ4n) is 4.41. The molecule has 1 N–H and O–H groups in total. The van der Waals surface area contributed by atoms with E-state index in [-0.39, 0.29) is 11.2 Å². The number of hydrogen-bond donors (Lipinski definition) is 1. The van der Waals surface area contributed by atoms with E-state index in [0.717, 1.165) is 36.2 Å². The predicted molar refractivity (Wildman–Crippen MR) is 114 cm³/mol. The minimum atomic E-state index is -0.751. The van der Waals surface area contributed by atoms with E-state index in [9.17, 15) is 9.50 Å². The van der Waals surface area contributed by atoms with E-state index >= 15 is 0 Å². The number of halogens is 1. The minimum absolute atomic E-state index is 0.135. The van der Waals surface area contributed by atoms with E-state index in [2.05, 4.69) is 36.3 Å². The number of rotatable bonds is 6. The predicted octanol–water partition coefficient (Wildman–Crippen LogP) is 5.36. The van der Waals surface area contributed by atoms with Crippen LogP contribution in [0.25, 0.3) is 11.8 Å². The Morgan fingerprint density at radius 3 is 2.59 bits per heavy atom. The van der Waals surface area contributed by atoms with Gasteiger partial charge in [0.25, 0.3) is 0 Å². The summed E-state index contributed by atoms with van der Waals surface area (Å²) in [5, 5.41) is 15.6. The van der Waals surface area contributed by atoms with E-state index in [0.29, 0.717) is 6.42 Å². The van der Waals surface area contributed by atoms with Crippen molar-refractivity contribution in [3.8, 4) is 5.69 Å². The fourth-order valence-corrected chi connectivity index (χ4v) is 4.41. The van der Waals surface area contributed by atoms with E-state index in [1.165, 1.54) is 17.7 Å². The fraction of sp³-hybridized carbons (Fsp3) is 0.320. The molecule has 0 saturated heterocycles. The van der Waals surface area contributed by atoms with Crippen LogP contribution in [0.4, 0.5) is 4.39 Å². The Hall–Kier alpha value is -2.72. The SMILES string of the molecule is CC(O)(CCc1ccccc1)CC1(C)C=Cc2c(cnn2-c2ccc(F)cc2)C1. The molecule has 0 aliphatic heterocycles. The molecule has 3 aromatic rings. The van der Waals surface area contributed by atoms with Gasteiger partial charge < -0.3 is 5.11 Å². The van der Waals surface area contributed by atoms with Crippen LogP contribution in [0.15, 0.2) is 66.9 Å². The largest absolute Gasteiger partial charge is 0.390 e. The van der Waals surface area contributed by atoms with Crippen molar-refractivity contribution in [3.05, 3.63) is 89.5 Å². The van der Waals surface area contributed by atoms with Crippen LogP contribution in [-0.2, 0) is 12.8 Å². The van der Waals surface area contributed by atoms with Crippen LogP contribution < -0.4 is 0 Å². The van der Waals surface area contributed by atoms with Crippen LogP contribution in [0, 0.1) is 11.2 Å². The summed E-state index contributed by atoms with van der Waals surface area (Å²) in [5.41, 5.74) is 3.38. The molecule has 0 fully saturated rings. The van der Waals surface area contributed by atoms with Gasteiger partial charge in [-0.2, -0.15) is 5.10 Å². The van der Waals surface area contributed by atoms with Gasteiger partial charge in [-0.25, -0.2) is 9.07 Å². The van der Waals surface area contributed by atoms with E-state index in [1.807, 2.05) is 36.0 Å². The van der Waals surface area contributed by atoms with Crippen LogP contribution in [0.2, 0.25) is 0 Å². The summed E-state index contributed by atoms with van der Waals surface area (Å²) in [6.45, 7) is 4.13. The van der Waals surface area contributed by atoms with Crippen LogP contribution in [0.3, 0.4) is 0 Å². The Bertz CT molecular complexity index is 1010. The Morgan fingerprint density at radius 1 is 1.14 bits per heavy atom. The van der Waals surface area contributed by atoms with Crippen molar-refractivity contribution in [3.63, 3.8) is 0 Å². The number of fused-ring (bicyclic) bond motifs is 1. The van der Waals surface area contributed by atoms with Gasteiger partial charge in [-0.3, -0.25) is 0 Å². The maximum absolute atomic E-state index is 13.2. The lowest BCUT2D eigenvalue weighted by Crippen LogP contribution is -2.34. The molecule has 4 heteroatoms. The summed E-state index contributed by atoms with van der Waals surface area (Å²) in [7, 11) is 0. The van der Waals surface area contributed by atoms with Crippen LogP contribution in [0.5, 0.6) is 0 Å². The number of aromatic nitrogens is 2. The molecule has 0 bridgehead atoms. The molecule has 0 spiro atoms. The molecule has 1 aliphatic rings. The molecule has 0 saturated carbocycles. The van der Waals surface area contributed by atoms with Gasteiger partial charge >= 0.3 is 0 Å². The molecule has 2 unspecified atom stereocenters. The molecule has 2 aromatic carbocycles. The Kier molecular flexibility index (Phi) is 5.13. The lowest BCUT2D eigenvalue weighted by atomic mass is 9.71. The van der Waals surface area contributed by atoms with E-state index in [1.54, 1.807) is 12.1 Å². The second-order valence-corrected chi connectivity index (χ2v) is 8.77. The Balaban J connectivity index is 1.47. The maximum atomic E-state index is 13.2. The van der Waals surface area contributed by atoms with E-state index < -0.39 is 5.60 Å². The van der Waals surface area contributed by atoms with E-state index in [4.69, 9.17) is 0 Å². The number of aryl methyl sites for hydroxylation is 1. The van der Waals surface area contributed by atoms with Crippen LogP contribution in [-0.4, -0.2) is 20.5 Å². The number of allylic oxidation sites excluding steroid dienone is 1. The highest BCUT2D eigenvalue weighted by Gasteiger charge is 2.35. The third-order valence-electron chi connectivity index (χ3n) is 5.78. The molecule has 2 atom stereocenters. The molecule has 29 heavy (non-hydrogen) atoms. The van der Waals surface area contributed by atoms with Gasteiger partial charge in [-0.05, 0) is 79.5 Å². The molecule has 3 nitrogen and oxygen atoms in total. The van der Waals surface area contributed by atoms with Crippen molar-refractivity contribution in [2.45, 2.75) is 45.1 Å². The van der Waals surface area contributed by atoms with Gasteiger partial charge in [0.15, 0.2) is 0 Å². The second-order valence-electron chi connectivity index (χ2n) is 8.77. The molecule has 150 valence electrons. The summed E-state index contributed by atoms with van der Waals surface area (Å²) in [6.07, 6.45) is 9.26. The average Bonchev–Trinajstić information content (AvgIpc) is 3.10. The smallest absolute Gasteiger partial charge is 0.123 e. The summed E-state index contributed by atoms with van der Waals surface area (Å²) < 4.78 is 15.1. The Labute approximate surface area is 171 Å². The normalized spacial score (nSPS) is 20.3. The molecule has 1 aromatic heterocycles. The number of hydrogen-bond acceptors (Lipinski definition) is 2. The first kappa shape index (κ1) is 19.6. The quantitative estimate of drug-likeness (QED) is 0.615. The monoisotopic (exact) mass is 390 g/mol. The molecule has 1 aliphatic carbocycles. The van der Waals surface area contributed by atoms with Gasteiger partial charge in [0.05, 0.1) is 23.2 Å². The number of benzene rings is 2. The molecule has 0 radical (unpaired) electrons. The summed E-state index contributed by atoms with van der Waals surface area (Å²) in [5.74, 6) is -0.254. The second kappa shape index (κ2) is 7.60. The molecular formula is C25H27FN2O. The maximum Gasteiger partial charge on any atom is 0.123 e. The van der Waals surface area contributed by atoms with Gasteiger partial charge in [-0.1, -0.05) is 43.3 Å². The minimum Gasteiger partial charge on any atom is -0.390 e. The van der Waals surface area contributed by atoms with Crippen LogP contribution in [0.1, 0.15) is 43.5 Å². The van der Waals surface area contributed by atoms with Gasteiger partial charge in [0.1, 0.15) is 5.82 Å². The topological polar surface area (TPSA) is 38.1 Å². The van der Waals surface area contributed by atoms with Crippen molar-refractivity contribution in [2.24, 2.45) is 5.41 Å². The summed E-state index contributed by atoms with van der Waals surface area (Å²) >= 11 is 0.